The third kappa shape index (κ3) is 4.57. The van der Waals surface area contributed by atoms with Gasteiger partial charge in [0.2, 0.25) is 0 Å². The molecule has 1 heterocycles. The second kappa shape index (κ2) is 6.78. The fourth-order valence-electron chi connectivity index (χ4n) is 1.23. The average Bonchev–Trinajstić information content (AvgIpc) is 2.36. The topological polar surface area (TPSA) is 87.1 Å². The van der Waals surface area contributed by atoms with Crippen LogP contribution in [0.15, 0.2) is 12.4 Å². The summed E-state index contributed by atoms with van der Waals surface area (Å²) in [6.07, 6.45) is 2.46. The molecule has 1 aromatic heterocycles. The van der Waals surface area contributed by atoms with Crippen molar-refractivity contribution in [2.24, 2.45) is 5.92 Å². The number of rotatable bonds is 7. The first-order valence-corrected chi connectivity index (χ1v) is 6.08. The number of nitrogens with zero attached hydrogens (tertiary/aromatic N) is 2. The molecule has 1 rings (SSSR count). The summed E-state index contributed by atoms with van der Waals surface area (Å²) in [5, 5.41) is 15.0. The number of carboxylic acid groups (broad SMARTS) is 1. The Balaban J connectivity index is 2.56. The van der Waals surface area contributed by atoms with Crippen molar-refractivity contribution < 1.29 is 9.90 Å². The molecular formula is C12H20N4O2. The smallest absolute Gasteiger partial charge is 0.308 e. The zero-order chi connectivity index (χ0) is 13.5. The minimum Gasteiger partial charge on any atom is -0.481 e. The summed E-state index contributed by atoms with van der Waals surface area (Å²) in [5.74, 6) is 0.0918. The van der Waals surface area contributed by atoms with Gasteiger partial charge in [-0.3, -0.25) is 4.79 Å². The first-order chi connectivity index (χ1) is 8.52. The Morgan fingerprint density at radius 2 is 2.06 bits per heavy atom. The lowest BCUT2D eigenvalue weighted by Crippen LogP contribution is -2.20. The zero-order valence-corrected chi connectivity index (χ0v) is 11.0. The second-order valence-electron chi connectivity index (χ2n) is 4.36. The minimum atomic E-state index is -0.825. The third-order valence-electron chi connectivity index (χ3n) is 2.68. The predicted octanol–water partition coefficient (Wildman–Crippen LogP) is 1.82. The van der Waals surface area contributed by atoms with Crippen LogP contribution >= 0.6 is 0 Å². The molecule has 6 nitrogen and oxygen atoms in total. The molecule has 2 atom stereocenters. The molecule has 0 spiro atoms. The lowest BCUT2D eigenvalue weighted by molar-refractivity contribution is -0.140. The standard InChI is InChI=1S/C12H20N4O2/c1-4-9(3)16-11-5-10(14-7-15-11)13-6-8(2)12(17)18/h5,7-9H,4,6H2,1-3H3,(H,17,18)(H2,13,14,15,16). The molecule has 0 aliphatic heterocycles. The van der Waals surface area contributed by atoms with E-state index >= 15 is 0 Å². The van der Waals surface area contributed by atoms with Crippen molar-refractivity contribution in [2.45, 2.75) is 33.2 Å². The van der Waals surface area contributed by atoms with Crippen molar-refractivity contribution in [1.29, 1.82) is 0 Å². The van der Waals surface area contributed by atoms with Crippen molar-refractivity contribution in [2.75, 3.05) is 17.2 Å². The number of aromatic nitrogens is 2. The SMILES string of the molecule is CCC(C)Nc1cc(NCC(C)C(=O)O)ncn1. The molecule has 2 unspecified atom stereocenters. The molecule has 6 heteroatoms. The van der Waals surface area contributed by atoms with Crippen molar-refractivity contribution in [1.82, 2.24) is 9.97 Å². The number of hydrogen-bond acceptors (Lipinski definition) is 5. The Labute approximate surface area is 107 Å². The van der Waals surface area contributed by atoms with Gasteiger partial charge in [-0.1, -0.05) is 13.8 Å². The van der Waals surface area contributed by atoms with Gasteiger partial charge in [-0.2, -0.15) is 0 Å². The summed E-state index contributed by atoms with van der Waals surface area (Å²) < 4.78 is 0. The highest BCUT2D eigenvalue weighted by molar-refractivity contribution is 5.70. The van der Waals surface area contributed by atoms with E-state index in [-0.39, 0.29) is 0 Å². The second-order valence-corrected chi connectivity index (χ2v) is 4.36. The van der Waals surface area contributed by atoms with E-state index in [4.69, 9.17) is 5.11 Å². The Morgan fingerprint density at radius 1 is 1.39 bits per heavy atom. The van der Waals surface area contributed by atoms with E-state index in [1.807, 2.05) is 0 Å². The van der Waals surface area contributed by atoms with Gasteiger partial charge in [-0.15, -0.1) is 0 Å². The van der Waals surface area contributed by atoms with Gasteiger partial charge in [0.1, 0.15) is 18.0 Å². The number of carbonyl (C=O) groups is 1. The van der Waals surface area contributed by atoms with Crippen LogP contribution in [0.3, 0.4) is 0 Å². The summed E-state index contributed by atoms with van der Waals surface area (Å²) in [4.78, 5) is 18.8. The van der Waals surface area contributed by atoms with Crippen LogP contribution in [0.1, 0.15) is 27.2 Å². The van der Waals surface area contributed by atoms with E-state index in [9.17, 15) is 4.79 Å². The molecule has 0 aliphatic rings. The van der Waals surface area contributed by atoms with E-state index in [0.29, 0.717) is 18.4 Å². The van der Waals surface area contributed by atoms with E-state index in [0.717, 1.165) is 12.2 Å². The molecule has 0 bridgehead atoms. The molecule has 100 valence electrons. The molecule has 0 saturated heterocycles. The quantitative estimate of drug-likeness (QED) is 0.686. The number of nitrogens with one attached hydrogen (secondary N) is 2. The highest BCUT2D eigenvalue weighted by Gasteiger charge is 2.10. The monoisotopic (exact) mass is 252 g/mol. The Kier molecular flexibility index (Phi) is 5.35. The number of aliphatic carboxylic acids is 1. The zero-order valence-electron chi connectivity index (χ0n) is 11.0. The van der Waals surface area contributed by atoms with E-state index in [2.05, 4.69) is 34.4 Å². The maximum Gasteiger partial charge on any atom is 0.308 e. The summed E-state index contributed by atoms with van der Waals surface area (Å²) >= 11 is 0. The van der Waals surface area contributed by atoms with Gasteiger partial charge < -0.3 is 15.7 Å². The normalized spacial score (nSPS) is 13.7. The average molecular weight is 252 g/mol. The lowest BCUT2D eigenvalue weighted by Gasteiger charge is -2.13. The van der Waals surface area contributed by atoms with Crippen molar-refractivity contribution in [3.63, 3.8) is 0 Å². The van der Waals surface area contributed by atoms with Gasteiger partial charge in [0.25, 0.3) is 0 Å². The summed E-state index contributed by atoms with van der Waals surface area (Å²) in [5.41, 5.74) is 0. The minimum absolute atomic E-state index is 0.339. The molecule has 0 fully saturated rings. The van der Waals surface area contributed by atoms with Gasteiger partial charge in [0.05, 0.1) is 5.92 Å². The van der Waals surface area contributed by atoms with Crippen LogP contribution in [0, 0.1) is 5.92 Å². The first kappa shape index (κ1) is 14.2. The van der Waals surface area contributed by atoms with Crippen LogP contribution in [0.4, 0.5) is 11.6 Å². The van der Waals surface area contributed by atoms with E-state index < -0.39 is 11.9 Å². The van der Waals surface area contributed by atoms with Crippen LogP contribution in [0.2, 0.25) is 0 Å². The molecule has 1 aromatic rings. The van der Waals surface area contributed by atoms with Crippen LogP contribution in [0.25, 0.3) is 0 Å². The fraction of sp³-hybridized carbons (Fsp3) is 0.583. The molecule has 18 heavy (non-hydrogen) atoms. The van der Waals surface area contributed by atoms with Crippen molar-refractivity contribution in [3.05, 3.63) is 12.4 Å². The maximum absolute atomic E-state index is 10.7. The first-order valence-electron chi connectivity index (χ1n) is 6.08. The van der Waals surface area contributed by atoms with Crippen LogP contribution < -0.4 is 10.6 Å². The predicted molar refractivity (Wildman–Crippen MR) is 70.7 cm³/mol. The highest BCUT2D eigenvalue weighted by Crippen LogP contribution is 2.11. The molecule has 3 N–H and O–H groups in total. The number of hydrogen-bond donors (Lipinski definition) is 3. The van der Waals surface area contributed by atoms with Crippen LogP contribution in [-0.2, 0) is 4.79 Å². The van der Waals surface area contributed by atoms with Crippen LogP contribution in [0.5, 0.6) is 0 Å². The molecule has 0 aliphatic carbocycles. The summed E-state index contributed by atoms with van der Waals surface area (Å²) in [6, 6.07) is 2.12. The van der Waals surface area contributed by atoms with Gasteiger partial charge in [0, 0.05) is 18.7 Å². The van der Waals surface area contributed by atoms with Crippen molar-refractivity contribution >= 4 is 17.6 Å². The lowest BCUT2D eigenvalue weighted by atomic mass is 10.2. The van der Waals surface area contributed by atoms with Crippen molar-refractivity contribution in [3.8, 4) is 0 Å². The largest absolute Gasteiger partial charge is 0.481 e. The van der Waals surface area contributed by atoms with Gasteiger partial charge in [0.15, 0.2) is 0 Å². The highest BCUT2D eigenvalue weighted by atomic mass is 16.4. The summed E-state index contributed by atoms with van der Waals surface area (Å²) in [7, 11) is 0. The molecular weight excluding hydrogens is 232 g/mol. The van der Waals surface area contributed by atoms with Gasteiger partial charge in [-0.05, 0) is 13.3 Å². The summed E-state index contributed by atoms with van der Waals surface area (Å²) in [6.45, 7) is 6.15. The molecule has 0 radical (unpaired) electrons. The number of carboxylic acids is 1. The van der Waals surface area contributed by atoms with Gasteiger partial charge >= 0.3 is 5.97 Å². The number of anilines is 2. The van der Waals surface area contributed by atoms with Gasteiger partial charge in [-0.25, -0.2) is 9.97 Å². The van der Waals surface area contributed by atoms with E-state index in [1.54, 1.807) is 13.0 Å². The van der Waals surface area contributed by atoms with Crippen LogP contribution in [-0.4, -0.2) is 33.6 Å². The Morgan fingerprint density at radius 3 is 2.67 bits per heavy atom. The molecule has 0 aromatic carbocycles. The Bertz CT molecular complexity index is 397. The third-order valence-corrected chi connectivity index (χ3v) is 2.68. The molecule has 0 saturated carbocycles. The maximum atomic E-state index is 10.7. The molecule has 0 amide bonds. The van der Waals surface area contributed by atoms with E-state index in [1.165, 1.54) is 6.33 Å². The Hall–Kier alpha value is -1.85. The fourth-order valence-corrected chi connectivity index (χ4v) is 1.23.